The van der Waals surface area contributed by atoms with E-state index in [4.69, 9.17) is 9.47 Å². The van der Waals surface area contributed by atoms with Crippen LogP contribution in [0.15, 0.2) is 6.20 Å². The van der Waals surface area contributed by atoms with E-state index in [2.05, 4.69) is 20.2 Å². The van der Waals surface area contributed by atoms with Gasteiger partial charge in [0.1, 0.15) is 5.82 Å². The molecule has 3 heterocycles. The van der Waals surface area contributed by atoms with Crippen LogP contribution in [-0.4, -0.2) is 66.6 Å². The molecular weight excluding hydrogens is 324 g/mol. The second-order valence-electron chi connectivity index (χ2n) is 6.99. The first kappa shape index (κ1) is 17.9. The lowest BCUT2D eigenvalue weighted by Crippen LogP contribution is -2.40. The molecule has 3 rings (SSSR count). The van der Waals surface area contributed by atoms with E-state index in [1.807, 2.05) is 0 Å². The summed E-state index contributed by atoms with van der Waals surface area (Å²) in [5.74, 6) is 0.328. The third-order valence-electron chi connectivity index (χ3n) is 4.84. The molecule has 138 valence electrons. The van der Waals surface area contributed by atoms with Gasteiger partial charge in [0.15, 0.2) is 0 Å². The number of carbonyl (C=O) groups is 1. The SMILES string of the molecule is CC(C)(C(=O)O)c1cnc(NC2CCOCC2)nc1N1CCOCC1. The smallest absolute Gasteiger partial charge is 0.313 e. The van der Waals surface area contributed by atoms with Gasteiger partial charge in [-0.25, -0.2) is 4.98 Å². The van der Waals surface area contributed by atoms with E-state index < -0.39 is 11.4 Å². The number of rotatable bonds is 5. The minimum Gasteiger partial charge on any atom is -0.481 e. The lowest BCUT2D eigenvalue weighted by atomic mass is 9.85. The minimum absolute atomic E-state index is 0.282. The molecular formula is C17H26N4O4. The molecule has 1 aromatic rings. The zero-order chi connectivity index (χ0) is 17.9. The van der Waals surface area contributed by atoms with Crippen molar-refractivity contribution < 1.29 is 19.4 Å². The molecule has 2 aliphatic heterocycles. The van der Waals surface area contributed by atoms with Gasteiger partial charge in [-0.2, -0.15) is 4.98 Å². The Morgan fingerprint density at radius 3 is 2.52 bits per heavy atom. The van der Waals surface area contributed by atoms with Gasteiger partial charge in [0.25, 0.3) is 0 Å². The van der Waals surface area contributed by atoms with Crippen LogP contribution in [0.25, 0.3) is 0 Å². The van der Waals surface area contributed by atoms with Crippen LogP contribution in [0.2, 0.25) is 0 Å². The lowest BCUT2D eigenvalue weighted by molar-refractivity contribution is -0.142. The van der Waals surface area contributed by atoms with Crippen LogP contribution in [0.1, 0.15) is 32.3 Å². The Kier molecular flexibility index (Phi) is 5.39. The van der Waals surface area contributed by atoms with E-state index in [9.17, 15) is 9.90 Å². The molecule has 8 nitrogen and oxygen atoms in total. The van der Waals surface area contributed by atoms with Crippen molar-refractivity contribution in [2.24, 2.45) is 0 Å². The largest absolute Gasteiger partial charge is 0.481 e. The molecule has 0 unspecified atom stereocenters. The van der Waals surface area contributed by atoms with Gasteiger partial charge < -0.3 is 24.8 Å². The van der Waals surface area contributed by atoms with Crippen LogP contribution < -0.4 is 10.2 Å². The van der Waals surface area contributed by atoms with Gasteiger partial charge in [0, 0.05) is 44.1 Å². The number of carboxylic acid groups (broad SMARTS) is 1. The highest BCUT2D eigenvalue weighted by atomic mass is 16.5. The number of hydrogen-bond acceptors (Lipinski definition) is 7. The van der Waals surface area contributed by atoms with Crippen molar-refractivity contribution in [2.45, 2.75) is 38.1 Å². The molecule has 0 aromatic carbocycles. The van der Waals surface area contributed by atoms with Crippen molar-refractivity contribution >= 4 is 17.7 Å². The molecule has 25 heavy (non-hydrogen) atoms. The first-order chi connectivity index (χ1) is 12.0. The summed E-state index contributed by atoms with van der Waals surface area (Å²) in [6, 6.07) is 0.282. The number of morpholine rings is 1. The molecule has 0 radical (unpaired) electrons. The molecule has 2 aliphatic rings. The Morgan fingerprint density at radius 1 is 1.24 bits per heavy atom. The molecule has 0 atom stereocenters. The predicted octanol–water partition coefficient (Wildman–Crippen LogP) is 1.27. The van der Waals surface area contributed by atoms with Gasteiger partial charge in [0.05, 0.1) is 18.6 Å². The molecule has 0 bridgehead atoms. The van der Waals surface area contributed by atoms with Gasteiger partial charge in [-0.3, -0.25) is 4.79 Å². The quantitative estimate of drug-likeness (QED) is 0.819. The Hall–Kier alpha value is -1.93. The molecule has 0 aliphatic carbocycles. The number of hydrogen-bond donors (Lipinski definition) is 2. The molecule has 2 fully saturated rings. The molecule has 0 amide bonds. The van der Waals surface area contributed by atoms with Crippen LogP contribution in [0, 0.1) is 0 Å². The fourth-order valence-electron chi connectivity index (χ4n) is 3.04. The Morgan fingerprint density at radius 2 is 1.88 bits per heavy atom. The number of aliphatic carboxylic acids is 1. The lowest BCUT2D eigenvalue weighted by Gasteiger charge is -2.33. The minimum atomic E-state index is -1.06. The van der Waals surface area contributed by atoms with E-state index in [0.717, 1.165) is 26.1 Å². The van der Waals surface area contributed by atoms with Crippen LogP contribution in [0.4, 0.5) is 11.8 Å². The number of anilines is 2. The third-order valence-corrected chi connectivity index (χ3v) is 4.84. The zero-order valence-electron chi connectivity index (χ0n) is 14.8. The van der Waals surface area contributed by atoms with E-state index in [0.29, 0.717) is 43.6 Å². The number of nitrogens with zero attached hydrogens (tertiary/aromatic N) is 3. The topological polar surface area (TPSA) is 96.8 Å². The summed E-state index contributed by atoms with van der Waals surface area (Å²) in [6.07, 6.45) is 3.48. The maximum Gasteiger partial charge on any atom is 0.313 e. The van der Waals surface area contributed by atoms with Crippen molar-refractivity contribution in [3.63, 3.8) is 0 Å². The maximum atomic E-state index is 11.7. The third kappa shape index (κ3) is 4.01. The Bertz CT molecular complexity index is 611. The first-order valence-electron chi connectivity index (χ1n) is 8.76. The first-order valence-corrected chi connectivity index (χ1v) is 8.76. The predicted molar refractivity (Wildman–Crippen MR) is 93.2 cm³/mol. The summed E-state index contributed by atoms with van der Waals surface area (Å²) in [7, 11) is 0. The van der Waals surface area contributed by atoms with Crippen LogP contribution in [0.3, 0.4) is 0 Å². The van der Waals surface area contributed by atoms with Gasteiger partial charge in [-0.1, -0.05) is 0 Å². The fourth-order valence-corrected chi connectivity index (χ4v) is 3.04. The molecule has 2 N–H and O–H groups in total. The van der Waals surface area contributed by atoms with Crippen LogP contribution >= 0.6 is 0 Å². The highest BCUT2D eigenvalue weighted by molar-refractivity contribution is 5.82. The van der Waals surface area contributed by atoms with Gasteiger partial charge in [-0.15, -0.1) is 0 Å². The monoisotopic (exact) mass is 350 g/mol. The van der Waals surface area contributed by atoms with E-state index in [1.165, 1.54) is 0 Å². The Labute approximate surface area is 147 Å². The van der Waals surface area contributed by atoms with Crippen molar-refractivity contribution in [1.29, 1.82) is 0 Å². The number of carboxylic acids is 1. The van der Waals surface area contributed by atoms with Crippen LogP contribution in [0.5, 0.6) is 0 Å². The van der Waals surface area contributed by atoms with E-state index in [1.54, 1.807) is 20.0 Å². The summed E-state index contributed by atoms with van der Waals surface area (Å²) in [5, 5.41) is 13.0. The van der Waals surface area contributed by atoms with Crippen molar-refractivity contribution in [3.05, 3.63) is 11.8 Å². The number of ether oxygens (including phenoxy) is 2. The van der Waals surface area contributed by atoms with Gasteiger partial charge >= 0.3 is 5.97 Å². The summed E-state index contributed by atoms with van der Waals surface area (Å²) < 4.78 is 10.8. The van der Waals surface area contributed by atoms with Crippen molar-refractivity contribution in [1.82, 2.24) is 9.97 Å². The summed E-state index contributed by atoms with van der Waals surface area (Å²) in [5.41, 5.74) is -0.440. The fraction of sp³-hybridized carbons (Fsp3) is 0.706. The summed E-state index contributed by atoms with van der Waals surface area (Å²) in [4.78, 5) is 22.9. The average molecular weight is 350 g/mol. The Balaban J connectivity index is 1.90. The number of aromatic nitrogens is 2. The maximum absolute atomic E-state index is 11.7. The van der Waals surface area contributed by atoms with E-state index in [-0.39, 0.29) is 6.04 Å². The standard InChI is InChI=1S/C17H26N4O4/c1-17(2,15(22)23)13-11-18-16(19-12-3-7-24-8-4-12)20-14(13)21-5-9-25-10-6-21/h11-12H,3-10H2,1-2H3,(H,22,23)(H,18,19,20). The number of nitrogens with one attached hydrogen (secondary N) is 1. The zero-order valence-corrected chi connectivity index (χ0v) is 14.8. The van der Waals surface area contributed by atoms with E-state index >= 15 is 0 Å². The highest BCUT2D eigenvalue weighted by Crippen LogP contribution is 2.32. The normalized spacial score (nSPS) is 19.7. The van der Waals surface area contributed by atoms with Gasteiger partial charge in [-0.05, 0) is 26.7 Å². The van der Waals surface area contributed by atoms with Gasteiger partial charge in [0.2, 0.25) is 5.95 Å². The second-order valence-corrected chi connectivity index (χ2v) is 6.99. The average Bonchev–Trinajstić information content (AvgIpc) is 2.63. The molecule has 0 spiro atoms. The molecule has 2 saturated heterocycles. The highest BCUT2D eigenvalue weighted by Gasteiger charge is 2.35. The molecule has 0 saturated carbocycles. The molecule has 1 aromatic heterocycles. The van der Waals surface area contributed by atoms with Crippen molar-refractivity contribution in [3.8, 4) is 0 Å². The van der Waals surface area contributed by atoms with Crippen molar-refractivity contribution in [2.75, 3.05) is 49.7 Å². The van der Waals surface area contributed by atoms with Crippen LogP contribution in [-0.2, 0) is 19.7 Å². The second kappa shape index (κ2) is 7.53. The molecule has 8 heteroatoms. The summed E-state index contributed by atoms with van der Waals surface area (Å²) in [6.45, 7) is 7.44. The summed E-state index contributed by atoms with van der Waals surface area (Å²) >= 11 is 0.